The second-order valence-corrected chi connectivity index (χ2v) is 3.91. The number of hydrogen-bond donors (Lipinski definition) is 3. The third kappa shape index (κ3) is 3.04. The van der Waals surface area contributed by atoms with Crippen molar-refractivity contribution in [1.29, 1.82) is 0 Å². The molecule has 0 aliphatic carbocycles. The van der Waals surface area contributed by atoms with Crippen LogP contribution in [0.25, 0.3) is 11.0 Å². The molecule has 0 radical (unpaired) electrons. The maximum atomic E-state index is 11.2. The van der Waals surface area contributed by atoms with Crippen molar-refractivity contribution >= 4 is 16.9 Å². The summed E-state index contributed by atoms with van der Waals surface area (Å²) in [6.45, 7) is 0. The molecule has 5 heteroatoms. The lowest BCUT2D eigenvalue weighted by Gasteiger charge is -2.03. The van der Waals surface area contributed by atoms with Crippen LogP contribution in [0.1, 0.15) is 18.4 Å². The zero-order valence-electron chi connectivity index (χ0n) is 9.79. The molecule has 3 N–H and O–H groups in total. The fourth-order valence-corrected chi connectivity index (χ4v) is 1.79. The molecule has 17 heavy (non-hydrogen) atoms. The Kier molecular flexibility index (Phi) is 3.72. The predicted molar refractivity (Wildman–Crippen MR) is 66.2 cm³/mol. The summed E-state index contributed by atoms with van der Waals surface area (Å²) in [5, 5.41) is 0. The van der Waals surface area contributed by atoms with Gasteiger partial charge in [0.05, 0.1) is 17.4 Å². The molecule has 0 spiro atoms. The van der Waals surface area contributed by atoms with Gasteiger partial charge in [-0.2, -0.15) is 0 Å². The van der Waals surface area contributed by atoms with E-state index in [4.69, 9.17) is 0 Å². The Hall–Kier alpha value is -1.88. The minimum absolute atomic E-state index is 0.0233. The summed E-state index contributed by atoms with van der Waals surface area (Å²) < 4.78 is 0. The minimum atomic E-state index is 0.0233. The third-order valence-corrected chi connectivity index (χ3v) is 2.62. The normalized spacial score (nSPS) is 10.6. The van der Waals surface area contributed by atoms with Crippen LogP contribution in [0.4, 0.5) is 0 Å². The van der Waals surface area contributed by atoms with E-state index in [1.807, 2.05) is 6.07 Å². The van der Waals surface area contributed by atoms with Gasteiger partial charge >= 0.3 is 0 Å². The highest BCUT2D eigenvalue weighted by molar-refractivity contribution is 5.76. The standard InChI is InChI=1S/C12H16N4O/c1-13-16-12(17)4-2-3-9-5-6-10-11(7-9)15-8-14-10/h5-8,13H,2-4H2,1H3,(H,14,15)(H,16,17). The van der Waals surface area contributed by atoms with Crippen molar-refractivity contribution in [3.05, 3.63) is 30.1 Å². The maximum absolute atomic E-state index is 11.2. The van der Waals surface area contributed by atoms with Gasteiger partial charge in [0.15, 0.2) is 0 Å². The number of aryl methyl sites for hydroxylation is 1. The molecule has 0 unspecified atom stereocenters. The fourth-order valence-electron chi connectivity index (χ4n) is 1.79. The van der Waals surface area contributed by atoms with Gasteiger partial charge in [0.2, 0.25) is 5.91 Å². The van der Waals surface area contributed by atoms with Gasteiger partial charge in [0.25, 0.3) is 0 Å². The van der Waals surface area contributed by atoms with E-state index in [2.05, 4.69) is 33.0 Å². The van der Waals surface area contributed by atoms with E-state index < -0.39 is 0 Å². The van der Waals surface area contributed by atoms with Crippen LogP contribution < -0.4 is 10.9 Å². The molecule has 0 fully saturated rings. The summed E-state index contributed by atoms with van der Waals surface area (Å²) in [6.07, 6.45) is 3.95. The molecule has 90 valence electrons. The van der Waals surface area contributed by atoms with E-state index in [-0.39, 0.29) is 5.91 Å². The summed E-state index contributed by atoms with van der Waals surface area (Å²) in [5.74, 6) is 0.0233. The van der Waals surface area contributed by atoms with Gasteiger partial charge in [0, 0.05) is 13.5 Å². The minimum Gasteiger partial charge on any atom is -0.345 e. The van der Waals surface area contributed by atoms with Crippen LogP contribution in [-0.2, 0) is 11.2 Å². The van der Waals surface area contributed by atoms with Crippen molar-refractivity contribution in [2.45, 2.75) is 19.3 Å². The van der Waals surface area contributed by atoms with E-state index in [1.165, 1.54) is 5.56 Å². The smallest absolute Gasteiger partial charge is 0.234 e. The summed E-state index contributed by atoms with van der Waals surface area (Å²) in [5.41, 5.74) is 8.41. The zero-order valence-corrected chi connectivity index (χ0v) is 9.79. The number of H-pyrrole nitrogens is 1. The lowest BCUT2D eigenvalue weighted by atomic mass is 10.1. The monoisotopic (exact) mass is 232 g/mol. The average Bonchev–Trinajstić information content (AvgIpc) is 2.76. The molecule has 2 aromatic rings. The Balaban J connectivity index is 1.88. The number of fused-ring (bicyclic) bond motifs is 1. The molecule has 0 atom stereocenters. The third-order valence-electron chi connectivity index (χ3n) is 2.62. The molecule has 0 saturated carbocycles. The summed E-state index contributed by atoms with van der Waals surface area (Å²) in [6, 6.07) is 6.13. The molecular formula is C12H16N4O. The quantitative estimate of drug-likeness (QED) is 0.677. The molecule has 2 rings (SSSR count). The van der Waals surface area contributed by atoms with Crippen LogP contribution in [0.5, 0.6) is 0 Å². The van der Waals surface area contributed by atoms with Gasteiger partial charge in [-0.15, -0.1) is 0 Å². The number of imidazole rings is 1. The fraction of sp³-hybridized carbons (Fsp3) is 0.333. The first-order valence-electron chi connectivity index (χ1n) is 5.67. The summed E-state index contributed by atoms with van der Waals surface area (Å²) in [4.78, 5) is 18.5. The molecule has 0 bridgehead atoms. The molecule has 1 heterocycles. The lowest BCUT2D eigenvalue weighted by Crippen LogP contribution is -2.33. The topological polar surface area (TPSA) is 69.8 Å². The van der Waals surface area contributed by atoms with Crippen molar-refractivity contribution < 1.29 is 4.79 Å². The van der Waals surface area contributed by atoms with Gasteiger partial charge in [0.1, 0.15) is 0 Å². The Morgan fingerprint density at radius 1 is 1.47 bits per heavy atom. The van der Waals surface area contributed by atoms with Crippen molar-refractivity contribution in [3.63, 3.8) is 0 Å². The molecule has 0 aliphatic rings. The Morgan fingerprint density at radius 3 is 3.18 bits per heavy atom. The molecule has 5 nitrogen and oxygen atoms in total. The van der Waals surface area contributed by atoms with Gasteiger partial charge in [-0.05, 0) is 30.5 Å². The zero-order chi connectivity index (χ0) is 12.1. The van der Waals surface area contributed by atoms with Crippen LogP contribution in [0.15, 0.2) is 24.5 Å². The van der Waals surface area contributed by atoms with Crippen LogP contribution in [0.3, 0.4) is 0 Å². The van der Waals surface area contributed by atoms with E-state index >= 15 is 0 Å². The van der Waals surface area contributed by atoms with E-state index in [0.717, 1.165) is 23.9 Å². The molecular weight excluding hydrogens is 216 g/mol. The Labute approximate surface area is 99.6 Å². The first kappa shape index (κ1) is 11.6. The number of nitrogens with zero attached hydrogens (tertiary/aromatic N) is 1. The molecule has 1 aromatic heterocycles. The number of hydrazine groups is 1. The second-order valence-electron chi connectivity index (χ2n) is 3.91. The van der Waals surface area contributed by atoms with E-state index in [1.54, 1.807) is 13.4 Å². The van der Waals surface area contributed by atoms with Gasteiger partial charge in [-0.25, -0.2) is 10.4 Å². The number of benzene rings is 1. The molecule has 0 aliphatic heterocycles. The van der Waals surface area contributed by atoms with E-state index in [9.17, 15) is 4.79 Å². The van der Waals surface area contributed by atoms with Crippen molar-refractivity contribution in [1.82, 2.24) is 20.8 Å². The van der Waals surface area contributed by atoms with Gasteiger partial charge in [-0.3, -0.25) is 10.2 Å². The number of carbonyl (C=O) groups is 1. The Morgan fingerprint density at radius 2 is 2.35 bits per heavy atom. The molecule has 1 amide bonds. The summed E-state index contributed by atoms with van der Waals surface area (Å²) >= 11 is 0. The van der Waals surface area contributed by atoms with Crippen LogP contribution in [0, 0.1) is 0 Å². The number of carbonyl (C=O) groups excluding carboxylic acids is 1. The summed E-state index contributed by atoms with van der Waals surface area (Å²) in [7, 11) is 1.68. The first-order chi connectivity index (χ1) is 8.29. The number of nitrogens with one attached hydrogen (secondary N) is 3. The number of aromatic amines is 1. The average molecular weight is 232 g/mol. The van der Waals surface area contributed by atoms with Crippen molar-refractivity contribution in [2.24, 2.45) is 0 Å². The van der Waals surface area contributed by atoms with Crippen molar-refractivity contribution in [2.75, 3.05) is 7.05 Å². The number of rotatable bonds is 5. The Bertz CT molecular complexity index is 506. The second kappa shape index (κ2) is 5.45. The van der Waals surface area contributed by atoms with Gasteiger partial charge in [-0.1, -0.05) is 6.07 Å². The lowest BCUT2D eigenvalue weighted by molar-refractivity contribution is -0.122. The maximum Gasteiger partial charge on any atom is 0.234 e. The highest BCUT2D eigenvalue weighted by Crippen LogP contribution is 2.13. The SMILES string of the molecule is CNNC(=O)CCCc1ccc2nc[nH]c2c1. The number of hydrogen-bond acceptors (Lipinski definition) is 3. The molecule has 1 aromatic carbocycles. The largest absolute Gasteiger partial charge is 0.345 e. The number of amides is 1. The van der Waals surface area contributed by atoms with E-state index in [0.29, 0.717) is 6.42 Å². The van der Waals surface area contributed by atoms with Gasteiger partial charge < -0.3 is 4.98 Å². The van der Waals surface area contributed by atoms with Crippen molar-refractivity contribution in [3.8, 4) is 0 Å². The van der Waals surface area contributed by atoms with Crippen LogP contribution in [-0.4, -0.2) is 22.9 Å². The highest BCUT2D eigenvalue weighted by Gasteiger charge is 2.01. The predicted octanol–water partition coefficient (Wildman–Crippen LogP) is 1.14. The first-order valence-corrected chi connectivity index (χ1v) is 5.67. The molecule has 0 saturated heterocycles. The van der Waals surface area contributed by atoms with Crippen LogP contribution >= 0.6 is 0 Å². The van der Waals surface area contributed by atoms with Crippen LogP contribution in [0.2, 0.25) is 0 Å². The highest BCUT2D eigenvalue weighted by atomic mass is 16.2. The number of aromatic nitrogens is 2.